The number of amides is 1. The normalized spacial score (nSPS) is 17.7. The summed E-state index contributed by atoms with van der Waals surface area (Å²) in [6.07, 6.45) is 1.21. The van der Waals surface area contributed by atoms with E-state index >= 15 is 0 Å². The number of H-pyrrole nitrogens is 1. The summed E-state index contributed by atoms with van der Waals surface area (Å²) in [5, 5.41) is 13.1. The average Bonchev–Trinajstić information content (AvgIpc) is 3.50. The van der Waals surface area contributed by atoms with E-state index in [1.807, 2.05) is 18.2 Å². The number of aromatic nitrogens is 2. The molecule has 3 aromatic rings. The molecular weight excluding hydrogens is 470 g/mol. The molecule has 36 heavy (non-hydrogen) atoms. The topological polar surface area (TPSA) is 86.3 Å². The highest BCUT2D eigenvalue weighted by Crippen LogP contribution is 2.54. The first-order valence-electron chi connectivity index (χ1n) is 12.8. The van der Waals surface area contributed by atoms with Crippen LogP contribution in [0.2, 0.25) is 0 Å². The van der Waals surface area contributed by atoms with Gasteiger partial charge >= 0.3 is 0 Å². The van der Waals surface area contributed by atoms with Gasteiger partial charge in [-0.15, -0.1) is 11.3 Å². The lowest BCUT2D eigenvalue weighted by atomic mass is 9.85. The molecule has 1 unspecified atom stereocenters. The standard InChI is InChI=1S/C29H35N3O3S/c1-17(2)19-14-23(36-16-19)29(10-11-29)27-30-22-9-12-32(15-21(22)25(34)31-27)26(35)24(33)18-7-6-8-20(13-18)28(3,4)5/h6-8,13-14,16-17,24,33H,9-12,15H2,1-5H3,(H,30,31,34). The minimum Gasteiger partial charge on any atom is -0.378 e. The minimum atomic E-state index is -1.26. The molecule has 1 aromatic carbocycles. The Hall–Kier alpha value is -2.77. The van der Waals surface area contributed by atoms with Gasteiger partial charge in [0.1, 0.15) is 5.82 Å². The number of aliphatic hydroxyl groups excluding tert-OH is 1. The first kappa shape index (κ1) is 24.9. The van der Waals surface area contributed by atoms with Crippen LogP contribution in [0.25, 0.3) is 0 Å². The van der Waals surface area contributed by atoms with Crippen LogP contribution in [0.4, 0.5) is 0 Å². The number of benzene rings is 1. The average molecular weight is 506 g/mol. The molecule has 1 aliphatic carbocycles. The fourth-order valence-electron chi connectivity index (χ4n) is 4.96. The summed E-state index contributed by atoms with van der Waals surface area (Å²) in [6.45, 7) is 11.3. The Morgan fingerprint density at radius 3 is 2.58 bits per heavy atom. The SMILES string of the molecule is CC(C)c1csc(C2(c3nc4c(c(=O)[nH]3)CN(C(=O)C(O)c3cccc(C(C)(C)C)c3)CC4)CC2)c1. The Morgan fingerprint density at radius 1 is 1.19 bits per heavy atom. The number of fused-ring (bicyclic) bond motifs is 1. The van der Waals surface area contributed by atoms with Crippen molar-refractivity contribution in [2.75, 3.05) is 6.54 Å². The predicted octanol–water partition coefficient (Wildman–Crippen LogP) is 4.95. The molecule has 1 fully saturated rings. The van der Waals surface area contributed by atoms with Crippen molar-refractivity contribution in [3.63, 3.8) is 0 Å². The lowest BCUT2D eigenvalue weighted by Gasteiger charge is -2.30. The summed E-state index contributed by atoms with van der Waals surface area (Å²) in [7, 11) is 0. The van der Waals surface area contributed by atoms with Gasteiger partial charge in [0.25, 0.3) is 11.5 Å². The molecule has 5 rings (SSSR count). The quantitative estimate of drug-likeness (QED) is 0.514. The summed E-state index contributed by atoms with van der Waals surface area (Å²) >= 11 is 1.75. The van der Waals surface area contributed by atoms with Crippen molar-refractivity contribution in [1.29, 1.82) is 0 Å². The van der Waals surface area contributed by atoms with Crippen LogP contribution in [0.15, 0.2) is 40.5 Å². The van der Waals surface area contributed by atoms with Crippen LogP contribution in [0.3, 0.4) is 0 Å². The van der Waals surface area contributed by atoms with Gasteiger partial charge in [-0.2, -0.15) is 0 Å². The van der Waals surface area contributed by atoms with E-state index < -0.39 is 6.10 Å². The van der Waals surface area contributed by atoms with Crippen LogP contribution in [0, 0.1) is 0 Å². The lowest BCUT2D eigenvalue weighted by molar-refractivity contribution is -0.141. The third-order valence-electron chi connectivity index (χ3n) is 7.64. The van der Waals surface area contributed by atoms with Gasteiger partial charge < -0.3 is 15.0 Å². The van der Waals surface area contributed by atoms with Crippen molar-refractivity contribution in [3.05, 3.63) is 84.7 Å². The van der Waals surface area contributed by atoms with Gasteiger partial charge in [0.15, 0.2) is 6.10 Å². The summed E-state index contributed by atoms with van der Waals surface area (Å²) in [5.74, 6) is 0.840. The van der Waals surface area contributed by atoms with Crippen molar-refractivity contribution < 1.29 is 9.90 Å². The Labute approximate surface area is 216 Å². The maximum Gasteiger partial charge on any atom is 0.256 e. The molecule has 3 heterocycles. The monoisotopic (exact) mass is 505 g/mol. The molecule has 1 atom stereocenters. The van der Waals surface area contributed by atoms with Crippen molar-refractivity contribution in [1.82, 2.24) is 14.9 Å². The van der Waals surface area contributed by atoms with Crippen molar-refractivity contribution in [2.45, 2.75) is 83.3 Å². The molecule has 0 saturated heterocycles. The van der Waals surface area contributed by atoms with E-state index in [9.17, 15) is 14.7 Å². The van der Waals surface area contributed by atoms with Crippen LogP contribution in [0.5, 0.6) is 0 Å². The number of aromatic amines is 1. The van der Waals surface area contributed by atoms with Crippen molar-refractivity contribution in [3.8, 4) is 0 Å². The highest BCUT2D eigenvalue weighted by Gasteiger charge is 2.50. The second-order valence-corrected chi connectivity index (χ2v) is 12.5. The largest absolute Gasteiger partial charge is 0.378 e. The van der Waals surface area contributed by atoms with Gasteiger partial charge in [0, 0.05) is 17.8 Å². The zero-order chi connectivity index (χ0) is 25.8. The molecule has 1 saturated carbocycles. The lowest BCUT2D eigenvalue weighted by Crippen LogP contribution is -2.42. The summed E-state index contributed by atoms with van der Waals surface area (Å²) in [5.41, 5.74) is 3.81. The molecule has 1 aliphatic heterocycles. The molecular formula is C29H35N3O3S. The number of thiophene rings is 1. The van der Waals surface area contributed by atoms with E-state index in [4.69, 9.17) is 4.98 Å². The van der Waals surface area contributed by atoms with Crippen LogP contribution in [-0.2, 0) is 28.6 Å². The minimum absolute atomic E-state index is 0.0854. The smallest absolute Gasteiger partial charge is 0.256 e. The number of aliphatic hydroxyl groups is 1. The van der Waals surface area contributed by atoms with E-state index in [2.05, 4.69) is 51.0 Å². The summed E-state index contributed by atoms with van der Waals surface area (Å²) < 4.78 is 0. The highest BCUT2D eigenvalue weighted by molar-refractivity contribution is 7.10. The van der Waals surface area contributed by atoms with Crippen LogP contribution >= 0.6 is 11.3 Å². The van der Waals surface area contributed by atoms with Gasteiger partial charge in [-0.1, -0.05) is 58.9 Å². The van der Waals surface area contributed by atoms with Crippen molar-refractivity contribution in [2.24, 2.45) is 0 Å². The summed E-state index contributed by atoms with van der Waals surface area (Å²) in [4.78, 5) is 37.2. The van der Waals surface area contributed by atoms with Crippen molar-refractivity contribution >= 4 is 17.2 Å². The van der Waals surface area contributed by atoms with Crippen LogP contribution < -0.4 is 5.56 Å². The van der Waals surface area contributed by atoms with E-state index in [0.717, 1.165) is 29.9 Å². The molecule has 0 bridgehead atoms. The number of hydrogen-bond acceptors (Lipinski definition) is 5. The maximum atomic E-state index is 13.2. The van der Waals surface area contributed by atoms with Gasteiger partial charge in [-0.3, -0.25) is 9.59 Å². The number of rotatable bonds is 5. The Bertz CT molecular complexity index is 1360. The van der Waals surface area contributed by atoms with E-state index in [0.29, 0.717) is 30.0 Å². The number of hydrogen-bond donors (Lipinski definition) is 2. The van der Waals surface area contributed by atoms with Crippen LogP contribution in [-0.4, -0.2) is 32.4 Å². The second kappa shape index (κ2) is 8.96. The third kappa shape index (κ3) is 4.43. The molecule has 190 valence electrons. The molecule has 2 aromatic heterocycles. The predicted molar refractivity (Wildman–Crippen MR) is 143 cm³/mol. The number of carbonyl (C=O) groups excluding carboxylic acids is 1. The first-order chi connectivity index (χ1) is 17.0. The fourth-order valence-corrected chi connectivity index (χ4v) is 6.29. The second-order valence-electron chi connectivity index (χ2n) is 11.6. The van der Waals surface area contributed by atoms with Crippen LogP contribution in [0.1, 0.15) is 98.1 Å². The third-order valence-corrected chi connectivity index (χ3v) is 8.80. The molecule has 7 heteroatoms. The molecule has 0 radical (unpaired) electrons. The van der Waals surface area contributed by atoms with E-state index in [1.54, 1.807) is 22.3 Å². The summed E-state index contributed by atoms with van der Waals surface area (Å²) in [6, 6.07) is 9.82. The number of carbonyl (C=O) groups is 1. The van der Waals surface area contributed by atoms with Gasteiger partial charge in [0.2, 0.25) is 0 Å². The van der Waals surface area contributed by atoms with Gasteiger partial charge in [-0.25, -0.2) is 4.98 Å². The molecule has 0 spiro atoms. The number of nitrogens with one attached hydrogen (secondary N) is 1. The maximum absolute atomic E-state index is 13.2. The zero-order valence-electron chi connectivity index (χ0n) is 21.7. The highest BCUT2D eigenvalue weighted by atomic mass is 32.1. The Balaban J connectivity index is 1.37. The Morgan fingerprint density at radius 2 is 1.94 bits per heavy atom. The fraction of sp³-hybridized carbons (Fsp3) is 0.483. The van der Waals surface area contributed by atoms with E-state index in [-0.39, 0.29) is 28.8 Å². The molecule has 2 N–H and O–H groups in total. The number of nitrogens with zero attached hydrogens (tertiary/aromatic N) is 2. The zero-order valence-corrected chi connectivity index (χ0v) is 22.5. The Kier molecular flexibility index (Phi) is 6.20. The van der Waals surface area contributed by atoms with Gasteiger partial charge in [0.05, 0.1) is 23.2 Å². The van der Waals surface area contributed by atoms with Gasteiger partial charge in [-0.05, 0) is 52.3 Å². The molecule has 6 nitrogen and oxygen atoms in total. The van der Waals surface area contributed by atoms with E-state index in [1.165, 1.54) is 10.4 Å². The first-order valence-corrected chi connectivity index (χ1v) is 13.7. The molecule has 2 aliphatic rings. The molecule has 1 amide bonds.